The van der Waals surface area contributed by atoms with Crippen LogP contribution in [-0.4, -0.2) is 15.8 Å². The minimum absolute atomic E-state index is 0.0333. The highest BCUT2D eigenvalue weighted by Gasteiger charge is 2.21. The first-order valence-corrected chi connectivity index (χ1v) is 7.70. The van der Waals surface area contributed by atoms with Gasteiger partial charge in [0.2, 0.25) is 0 Å². The lowest BCUT2D eigenvalue weighted by atomic mass is 10.1. The van der Waals surface area contributed by atoms with Crippen molar-refractivity contribution < 1.29 is 9.72 Å². The predicted molar refractivity (Wildman–Crippen MR) is 90.1 cm³/mol. The highest BCUT2D eigenvalue weighted by atomic mass is 32.1. The molecule has 0 radical (unpaired) electrons. The van der Waals surface area contributed by atoms with Gasteiger partial charge in [0, 0.05) is 6.07 Å². The van der Waals surface area contributed by atoms with E-state index < -0.39 is 10.8 Å². The van der Waals surface area contributed by atoms with Gasteiger partial charge < -0.3 is 0 Å². The van der Waals surface area contributed by atoms with Crippen molar-refractivity contribution in [2.24, 2.45) is 0 Å². The van der Waals surface area contributed by atoms with Gasteiger partial charge in [0.15, 0.2) is 5.13 Å². The molecule has 0 spiro atoms. The number of anilines is 1. The molecule has 0 aliphatic heterocycles. The summed E-state index contributed by atoms with van der Waals surface area (Å²) in [7, 11) is 0. The summed E-state index contributed by atoms with van der Waals surface area (Å²) in [5, 5.41) is 14.2. The molecule has 0 aliphatic carbocycles. The quantitative estimate of drug-likeness (QED) is 0.580. The Labute approximate surface area is 135 Å². The van der Waals surface area contributed by atoms with Gasteiger partial charge in [-0.1, -0.05) is 29.5 Å². The van der Waals surface area contributed by atoms with Gasteiger partial charge in [-0.2, -0.15) is 0 Å². The van der Waals surface area contributed by atoms with Crippen molar-refractivity contribution >= 4 is 38.3 Å². The second-order valence-corrected chi connectivity index (χ2v) is 6.20. The average Bonchev–Trinajstić information content (AvgIpc) is 2.90. The van der Waals surface area contributed by atoms with Gasteiger partial charge in [0.05, 0.1) is 15.1 Å². The summed E-state index contributed by atoms with van der Waals surface area (Å²) < 4.78 is 0.957. The number of hydrogen-bond donors (Lipinski definition) is 1. The fourth-order valence-electron chi connectivity index (χ4n) is 2.30. The van der Waals surface area contributed by atoms with Crippen LogP contribution in [0.25, 0.3) is 10.2 Å². The molecule has 0 unspecified atom stereocenters. The van der Waals surface area contributed by atoms with Crippen molar-refractivity contribution in [3.8, 4) is 0 Å². The van der Waals surface area contributed by atoms with E-state index in [0.29, 0.717) is 5.13 Å². The zero-order valence-corrected chi connectivity index (χ0v) is 13.3. The van der Waals surface area contributed by atoms with Crippen molar-refractivity contribution in [1.29, 1.82) is 0 Å². The topological polar surface area (TPSA) is 85.1 Å². The first-order chi connectivity index (χ1) is 11.0. The monoisotopic (exact) mass is 327 g/mol. The summed E-state index contributed by atoms with van der Waals surface area (Å²) in [6, 6.07) is 10.2. The molecule has 3 aromatic rings. The first kappa shape index (κ1) is 15.1. The zero-order chi connectivity index (χ0) is 16.6. The highest BCUT2D eigenvalue weighted by Crippen LogP contribution is 2.29. The Kier molecular flexibility index (Phi) is 3.79. The number of hydrogen-bond acceptors (Lipinski definition) is 5. The first-order valence-electron chi connectivity index (χ1n) is 6.88. The van der Waals surface area contributed by atoms with Crippen LogP contribution >= 0.6 is 11.3 Å². The second kappa shape index (κ2) is 5.77. The fraction of sp³-hybridized carbons (Fsp3) is 0.125. The van der Waals surface area contributed by atoms with Crippen molar-refractivity contribution in [2.45, 2.75) is 13.8 Å². The fourth-order valence-corrected chi connectivity index (χ4v) is 3.23. The lowest BCUT2D eigenvalue weighted by Crippen LogP contribution is -2.14. The molecule has 116 valence electrons. The smallest absolute Gasteiger partial charge is 0.282 e. The number of thiazole rings is 1. The SMILES string of the molecule is Cc1ccc([N+](=O)[O-])c(C(=O)Nc2nc3c(C)cccc3s2)c1. The molecule has 0 saturated carbocycles. The highest BCUT2D eigenvalue weighted by molar-refractivity contribution is 7.22. The van der Waals surface area contributed by atoms with E-state index in [1.165, 1.54) is 23.5 Å². The Hall–Kier alpha value is -2.80. The van der Waals surface area contributed by atoms with Crippen LogP contribution in [0.15, 0.2) is 36.4 Å². The number of benzene rings is 2. The molecule has 6 nitrogen and oxygen atoms in total. The molecule has 2 aromatic carbocycles. The summed E-state index contributed by atoms with van der Waals surface area (Å²) in [4.78, 5) is 27.3. The lowest BCUT2D eigenvalue weighted by molar-refractivity contribution is -0.385. The Morgan fingerprint density at radius 3 is 2.74 bits per heavy atom. The third-order valence-corrected chi connectivity index (χ3v) is 4.37. The Morgan fingerprint density at radius 2 is 2.04 bits per heavy atom. The van der Waals surface area contributed by atoms with Crippen LogP contribution in [0.1, 0.15) is 21.5 Å². The van der Waals surface area contributed by atoms with E-state index in [9.17, 15) is 14.9 Å². The summed E-state index contributed by atoms with van der Waals surface area (Å²) in [5.74, 6) is -0.530. The minimum Gasteiger partial charge on any atom is -0.298 e. The van der Waals surface area contributed by atoms with Crippen LogP contribution in [0.4, 0.5) is 10.8 Å². The predicted octanol–water partition coefficient (Wildman–Crippen LogP) is 4.07. The number of carbonyl (C=O) groups is 1. The zero-order valence-electron chi connectivity index (χ0n) is 12.5. The number of nitro benzene ring substituents is 1. The standard InChI is InChI=1S/C16H13N3O3S/c1-9-6-7-12(19(21)22)11(8-9)15(20)18-16-17-14-10(2)4-3-5-13(14)23-16/h3-8H,1-2H3,(H,17,18,20). The number of rotatable bonds is 3. The maximum atomic E-state index is 12.4. The summed E-state index contributed by atoms with van der Waals surface area (Å²) in [6.45, 7) is 3.72. The molecule has 1 amide bonds. The van der Waals surface area contributed by atoms with Crippen LogP contribution in [0.3, 0.4) is 0 Å². The molecule has 1 aromatic heterocycles. The maximum Gasteiger partial charge on any atom is 0.282 e. The number of aromatic nitrogens is 1. The van der Waals surface area contributed by atoms with E-state index in [0.717, 1.165) is 21.3 Å². The molecule has 7 heteroatoms. The van der Waals surface area contributed by atoms with Crippen LogP contribution in [0.5, 0.6) is 0 Å². The van der Waals surface area contributed by atoms with Crippen molar-refractivity contribution in [3.63, 3.8) is 0 Å². The van der Waals surface area contributed by atoms with Crippen LogP contribution in [0.2, 0.25) is 0 Å². The van der Waals surface area contributed by atoms with Crippen molar-refractivity contribution in [2.75, 3.05) is 5.32 Å². The lowest BCUT2D eigenvalue weighted by Gasteiger charge is -2.04. The molecule has 1 heterocycles. The van der Waals surface area contributed by atoms with E-state index in [4.69, 9.17) is 0 Å². The van der Waals surface area contributed by atoms with Crippen LogP contribution < -0.4 is 5.32 Å². The van der Waals surface area contributed by atoms with E-state index in [1.807, 2.05) is 25.1 Å². The molecule has 0 atom stereocenters. The number of para-hydroxylation sites is 1. The van der Waals surface area contributed by atoms with E-state index in [-0.39, 0.29) is 11.3 Å². The normalized spacial score (nSPS) is 10.7. The van der Waals surface area contributed by atoms with E-state index >= 15 is 0 Å². The molecule has 23 heavy (non-hydrogen) atoms. The number of carbonyl (C=O) groups excluding carboxylic acids is 1. The minimum atomic E-state index is -0.559. The van der Waals surface area contributed by atoms with Crippen molar-refractivity contribution in [1.82, 2.24) is 4.98 Å². The Bertz CT molecular complexity index is 933. The van der Waals surface area contributed by atoms with Gasteiger partial charge in [-0.25, -0.2) is 4.98 Å². The molecule has 0 fully saturated rings. The number of aryl methyl sites for hydroxylation is 2. The molecular weight excluding hydrogens is 314 g/mol. The van der Waals surface area contributed by atoms with Gasteiger partial charge >= 0.3 is 0 Å². The third kappa shape index (κ3) is 2.91. The number of fused-ring (bicyclic) bond motifs is 1. The third-order valence-electron chi connectivity index (χ3n) is 3.43. The van der Waals surface area contributed by atoms with Crippen LogP contribution in [-0.2, 0) is 0 Å². The average molecular weight is 327 g/mol. The summed E-state index contributed by atoms with van der Waals surface area (Å²) in [5.41, 5.74) is 2.43. The summed E-state index contributed by atoms with van der Waals surface area (Å²) >= 11 is 1.34. The number of nitrogens with zero attached hydrogens (tertiary/aromatic N) is 2. The number of nitro groups is 1. The van der Waals surface area contributed by atoms with Gasteiger partial charge in [0.1, 0.15) is 5.56 Å². The molecular formula is C16H13N3O3S. The molecule has 3 rings (SSSR count). The second-order valence-electron chi connectivity index (χ2n) is 5.17. The molecule has 0 saturated heterocycles. The van der Waals surface area contributed by atoms with Crippen LogP contribution in [0, 0.1) is 24.0 Å². The number of nitrogens with one attached hydrogen (secondary N) is 1. The van der Waals surface area contributed by atoms with Gasteiger partial charge in [0.25, 0.3) is 11.6 Å². The summed E-state index contributed by atoms with van der Waals surface area (Å²) in [6.07, 6.45) is 0. The van der Waals surface area contributed by atoms with E-state index in [2.05, 4.69) is 10.3 Å². The van der Waals surface area contributed by atoms with Gasteiger partial charge in [-0.15, -0.1) is 0 Å². The molecule has 0 aliphatic rings. The van der Waals surface area contributed by atoms with Gasteiger partial charge in [-0.05, 0) is 37.1 Å². The Balaban J connectivity index is 1.96. The largest absolute Gasteiger partial charge is 0.298 e. The Morgan fingerprint density at radius 1 is 1.26 bits per heavy atom. The van der Waals surface area contributed by atoms with Crippen molar-refractivity contribution in [3.05, 3.63) is 63.2 Å². The maximum absolute atomic E-state index is 12.4. The van der Waals surface area contributed by atoms with Gasteiger partial charge in [-0.3, -0.25) is 20.2 Å². The number of amides is 1. The molecule has 1 N–H and O–H groups in total. The molecule has 0 bridgehead atoms. The van der Waals surface area contributed by atoms with E-state index in [1.54, 1.807) is 13.0 Å².